The van der Waals surface area contributed by atoms with Crippen LogP contribution in [0.3, 0.4) is 0 Å². The standard InChI is InChI=1S/C31H38N2O7/c1-22-31(30(36)37-2)18-24(16-28(34)32-13-7-4-8-14-32)29(35)33(19-25-12-9-15-39-25)27(31)17-26(40-22)21-38-20-23-10-5-3-6-11-23/h3,5-6,9-12,15,17,22,24,26H,4,7-8,13-14,16,18-21H2,1-2H3/t22-,24+,26-,31+/m1/s1. The van der Waals surface area contributed by atoms with Gasteiger partial charge in [-0.1, -0.05) is 30.3 Å². The maximum Gasteiger partial charge on any atom is 0.320 e. The Labute approximate surface area is 235 Å². The number of ether oxygens (including phenoxy) is 3. The van der Waals surface area contributed by atoms with Crippen molar-refractivity contribution in [3.05, 3.63) is 71.8 Å². The molecule has 0 aliphatic carbocycles. The van der Waals surface area contributed by atoms with Crippen LogP contribution in [0, 0.1) is 11.3 Å². The molecule has 9 nitrogen and oxygen atoms in total. The van der Waals surface area contributed by atoms with Crippen LogP contribution >= 0.6 is 0 Å². The van der Waals surface area contributed by atoms with Crippen LogP contribution in [0.2, 0.25) is 0 Å². The fourth-order valence-corrected chi connectivity index (χ4v) is 6.22. The van der Waals surface area contributed by atoms with Crippen LogP contribution in [0.15, 0.2) is 64.9 Å². The lowest BCUT2D eigenvalue weighted by Crippen LogP contribution is -2.60. The number of carbonyl (C=O) groups excluding carboxylic acids is 3. The molecule has 9 heteroatoms. The van der Waals surface area contributed by atoms with E-state index in [1.165, 1.54) is 7.11 Å². The van der Waals surface area contributed by atoms with E-state index in [2.05, 4.69) is 0 Å². The van der Waals surface area contributed by atoms with Gasteiger partial charge in [0, 0.05) is 31.1 Å². The van der Waals surface area contributed by atoms with Crippen LogP contribution in [0.4, 0.5) is 0 Å². The lowest BCUT2D eigenvalue weighted by Gasteiger charge is -2.51. The van der Waals surface area contributed by atoms with Crippen molar-refractivity contribution in [2.24, 2.45) is 11.3 Å². The van der Waals surface area contributed by atoms with E-state index in [-0.39, 0.29) is 37.8 Å². The van der Waals surface area contributed by atoms with E-state index in [0.717, 1.165) is 24.8 Å². The van der Waals surface area contributed by atoms with Crippen molar-refractivity contribution >= 4 is 17.8 Å². The van der Waals surface area contributed by atoms with Crippen molar-refractivity contribution in [1.29, 1.82) is 0 Å². The zero-order valence-electron chi connectivity index (χ0n) is 23.3. The third-order valence-corrected chi connectivity index (χ3v) is 8.32. The highest BCUT2D eigenvalue weighted by atomic mass is 16.6. The second-order valence-electron chi connectivity index (χ2n) is 10.9. The summed E-state index contributed by atoms with van der Waals surface area (Å²) in [6, 6.07) is 13.4. The monoisotopic (exact) mass is 550 g/mol. The highest BCUT2D eigenvalue weighted by molar-refractivity contribution is 5.92. The second-order valence-corrected chi connectivity index (χ2v) is 10.9. The van der Waals surface area contributed by atoms with Gasteiger partial charge in [-0.2, -0.15) is 0 Å². The van der Waals surface area contributed by atoms with Crippen molar-refractivity contribution in [3.63, 3.8) is 0 Å². The molecule has 40 heavy (non-hydrogen) atoms. The molecule has 2 aromatic rings. The van der Waals surface area contributed by atoms with E-state index < -0.39 is 29.5 Å². The number of carbonyl (C=O) groups is 3. The number of furan rings is 1. The summed E-state index contributed by atoms with van der Waals surface area (Å²) in [5.41, 5.74) is 0.309. The van der Waals surface area contributed by atoms with Crippen molar-refractivity contribution < 1.29 is 33.0 Å². The lowest BCUT2D eigenvalue weighted by atomic mass is 9.66. The Hall–Kier alpha value is -3.43. The third-order valence-electron chi connectivity index (χ3n) is 8.32. The number of hydrogen-bond acceptors (Lipinski definition) is 7. The molecule has 0 N–H and O–H groups in total. The molecule has 3 aliphatic rings. The number of amides is 2. The molecular formula is C31H38N2O7. The molecule has 4 heterocycles. The topological polar surface area (TPSA) is 98.5 Å². The van der Waals surface area contributed by atoms with Gasteiger partial charge in [-0.3, -0.25) is 14.4 Å². The molecule has 0 radical (unpaired) electrons. The summed E-state index contributed by atoms with van der Waals surface area (Å²) in [7, 11) is 1.34. The van der Waals surface area contributed by atoms with E-state index in [1.54, 1.807) is 23.3 Å². The first-order valence-electron chi connectivity index (χ1n) is 14.1. The molecule has 2 saturated heterocycles. The number of likely N-dealkylation sites (tertiary alicyclic amines) is 2. The molecule has 214 valence electrons. The zero-order valence-corrected chi connectivity index (χ0v) is 23.3. The highest BCUT2D eigenvalue weighted by Crippen LogP contribution is 2.50. The number of nitrogens with zero attached hydrogens (tertiary/aromatic N) is 2. The van der Waals surface area contributed by atoms with Gasteiger partial charge >= 0.3 is 5.97 Å². The summed E-state index contributed by atoms with van der Waals surface area (Å²) in [6.07, 6.45) is 5.47. The Balaban J connectivity index is 1.45. The molecule has 2 fully saturated rings. The van der Waals surface area contributed by atoms with Gasteiger partial charge < -0.3 is 28.4 Å². The predicted octanol–water partition coefficient (Wildman–Crippen LogP) is 4.08. The Morgan fingerprint density at radius 1 is 1.07 bits per heavy atom. The zero-order chi connectivity index (χ0) is 28.1. The van der Waals surface area contributed by atoms with E-state index in [4.69, 9.17) is 18.6 Å². The summed E-state index contributed by atoms with van der Waals surface area (Å²) in [5.74, 6) is -0.863. The molecule has 0 bridgehead atoms. The van der Waals surface area contributed by atoms with E-state index in [0.29, 0.717) is 31.2 Å². The first kappa shape index (κ1) is 28.1. The molecule has 1 aromatic carbocycles. The molecule has 0 spiro atoms. The van der Waals surface area contributed by atoms with Gasteiger partial charge in [0.15, 0.2) is 0 Å². The number of esters is 1. The van der Waals surface area contributed by atoms with Gasteiger partial charge in [-0.15, -0.1) is 0 Å². The van der Waals surface area contributed by atoms with Gasteiger partial charge in [-0.05, 0) is 56.4 Å². The minimum Gasteiger partial charge on any atom is -0.468 e. The Kier molecular flexibility index (Phi) is 8.71. The number of piperidine rings is 2. The number of fused-ring (bicyclic) bond motifs is 1. The lowest BCUT2D eigenvalue weighted by molar-refractivity contribution is -0.178. The Morgan fingerprint density at radius 2 is 1.85 bits per heavy atom. The smallest absolute Gasteiger partial charge is 0.320 e. The molecule has 1 aromatic heterocycles. The highest BCUT2D eigenvalue weighted by Gasteiger charge is 2.59. The Bertz CT molecular complexity index is 1210. The van der Waals surface area contributed by atoms with E-state index in [9.17, 15) is 14.4 Å². The van der Waals surface area contributed by atoms with Crippen LogP contribution in [0.5, 0.6) is 0 Å². The summed E-state index contributed by atoms with van der Waals surface area (Å²) >= 11 is 0. The average molecular weight is 551 g/mol. The first-order chi connectivity index (χ1) is 19.4. The quantitative estimate of drug-likeness (QED) is 0.434. The summed E-state index contributed by atoms with van der Waals surface area (Å²) in [4.78, 5) is 44.3. The predicted molar refractivity (Wildman–Crippen MR) is 145 cm³/mol. The minimum absolute atomic E-state index is 0.0375. The molecular weight excluding hydrogens is 512 g/mol. The van der Waals surface area contributed by atoms with Gasteiger partial charge in [0.25, 0.3) is 0 Å². The summed E-state index contributed by atoms with van der Waals surface area (Å²) in [5, 5.41) is 0. The normalized spacial score (nSPS) is 26.7. The van der Waals surface area contributed by atoms with Gasteiger partial charge in [0.1, 0.15) is 17.3 Å². The van der Waals surface area contributed by atoms with Crippen molar-refractivity contribution in [2.75, 3.05) is 26.8 Å². The largest absolute Gasteiger partial charge is 0.468 e. The van der Waals surface area contributed by atoms with Crippen LogP contribution < -0.4 is 0 Å². The third kappa shape index (κ3) is 5.71. The molecule has 0 saturated carbocycles. The molecule has 2 amide bonds. The second kappa shape index (κ2) is 12.4. The maximum atomic E-state index is 14.0. The SMILES string of the molecule is COC(=O)[C@]12C[C@H](CC(=O)N3CCCCC3)C(=O)N(Cc3ccco3)C1=C[C@H](COCc1ccccc1)O[C@@H]2C. The fraction of sp³-hybridized carbons (Fsp3) is 0.516. The van der Waals surface area contributed by atoms with Gasteiger partial charge in [0.05, 0.1) is 39.2 Å². The molecule has 0 unspecified atom stereocenters. The summed E-state index contributed by atoms with van der Waals surface area (Å²) in [6.45, 7) is 4.03. The number of benzene rings is 1. The van der Waals surface area contributed by atoms with E-state index >= 15 is 0 Å². The van der Waals surface area contributed by atoms with Crippen LogP contribution in [-0.2, 0) is 41.7 Å². The van der Waals surface area contributed by atoms with Crippen molar-refractivity contribution in [1.82, 2.24) is 9.80 Å². The van der Waals surface area contributed by atoms with E-state index in [1.807, 2.05) is 48.2 Å². The maximum absolute atomic E-state index is 14.0. The van der Waals surface area contributed by atoms with Crippen LogP contribution in [0.25, 0.3) is 0 Å². The Morgan fingerprint density at radius 3 is 2.55 bits per heavy atom. The van der Waals surface area contributed by atoms with Crippen LogP contribution in [0.1, 0.15) is 50.4 Å². The van der Waals surface area contributed by atoms with Crippen molar-refractivity contribution in [2.45, 2.75) is 64.4 Å². The number of methoxy groups -OCH3 is 1. The van der Waals surface area contributed by atoms with Crippen molar-refractivity contribution in [3.8, 4) is 0 Å². The van der Waals surface area contributed by atoms with Gasteiger partial charge in [0.2, 0.25) is 11.8 Å². The minimum atomic E-state index is -1.25. The molecule has 5 rings (SSSR count). The fourth-order valence-electron chi connectivity index (χ4n) is 6.22. The number of rotatable bonds is 9. The van der Waals surface area contributed by atoms with Gasteiger partial charge in [-0.25, -0.2) is 0 Å². The first-order valence-corrected chi connectivity index (χ1v) is 14.1. The number of hydrogen-bond donors (Lipinski definition) is 0. The molecule has 3 aliphatic heterocycles. The molecule has 4 atom stereocenters. The summed E-state index contributed by atoms with van der Waals surface area (Å²) < 4.78 is 23.2. The average Bonchev–Trinajstić information content (AvgIpc) is 3.49. The van der Waals surface area contributed by atoms with Crippen LogP contribution in [-0.4, -0.2) is 66.6 Å².